The van der Waals surface area contributed by atoms with Crippen molar-refractivity contribution < 1.29 is 0 Å². The van der Waals surface area contributed by atoms with Crippen LogP contribution in [0.15, 0.2) is 0 Å². The van der Waals surface area contributed by atoms with Gasteiger partial charge in [0, 0.05) is 11.0 Å². The average Bonchev–Trinajstić information content (AvgIpc) is 1.82. The van der Waals surface area contributed by atoms with Crippen LogP contribution in [0, 0.1) is 6.92 Å². The Bertz CT molecular complexity index is 88.5. The smallest absolute Gasteiger partial charge is 0.0587 e. The summed E-state index contributed by atoms with van der Waals surface area (Å²) in [7, 11) is 0. The maximum atomic E-state index is 4.05. The van der Waals surface area contributed by atoms with Crippen molar-refractivity contribution in [1.29, 1.82) is 0 Å². The minimum absolute atomic E-state index is 0.249. The van der Waals surface area contributed by atoms with E-state index in [9.17, 15) is 0 Å². The summed E-state index contributed by atoms with van der Waals surface area (Å²) in [6.07, 6.45) is 0. The Kier molecular flexibility index (Phi) is 1.83. The Morgan fingerprint density at radius 1 is 1.75 bits per heavy atom. The van der Waals surface area contributed by atoms with Gasteiger partial charge >= 0.3 is 0 Å². The Labute approximate surface area is 59.8 Å². The molecule has 8 heavy (non-hydrogen) atoms. The van der Waals surface area contributed by atoms with Crippen molar-refractivity contribution in [1.82, 2.24) is 0 Å². The standard InChI is InChI=1S/C6H11S2/c1-5-4-7-6(2,3)8-5/h5H,2,4H2,1,3H3. The third kappa shape index (κ3) is 1.59. The summed E-state index contributed by atoms with van der Waals surface area (Å²) in [5, 5.41) is 0.808. The molecule has 0 aliphatic carbocycles. The summed E-state index contributed by atoms with van der Waals surface area (Å²) >= 11 is 3.93. The zero-order valence-corrected chi connectivity index (χ0v) is 6.94. The molecule has 1 aliphatic rings. The van der Waals surface area contributed by atoms with Crippen molar-refractivity contribution in [3.05, 3.63) is 6.92 Å². The van der Waals surface area contributed by atoms with Crippen molar-refractivity contribution in [2.45, 2.75) is 23.2 Å². The van der Waals surface area contributed by atoms with Crippen LogP contribution in [0.1, 0.15) is 13.8 Å². The first-order valence-electron chi connectivity index (χ1n) is 2.77. The van der Waals surface area contributed by atoms with Gasteiger partial charge in [0.1, 0.15) is 0 Å². The molecular formula is C6H11S2. The van der Waals surface area contributed by atoms with Gasteiger partial charge in [0.2, 0.25) is 0 Å². The highest BCUT2D eigenvalue weighted by Gasteiger charge is 2.29. The van der Waals surface area contributed by atoms with Crippen LogP contribution < -0.4 is 0 Å². The molecule has 0 amide bonds. The van der Waals surface area contributed by atoms with Crippen LogP contribution in [0.5, 0.6) is 0 Å². The number of rotatable bonds is 0. The normalized spacial score (nSPS) is 35.6. The van der Waals surface area contributed by atoms with Gasteiger partial charge in [0.05, 0.1) is 4.08 Å². The van der Waals surface area contributed by atoms with E-state index in [0.29, 0.717) is 0 Å². The molecule has 0 nitrogen and oxygen atoms in total. The summed E-state index contributed by atoms with van der Waals surface area (Å²) in [6, 6.07) is 0. The van der Waals surface area contributed by atoms with Crippen LogP contribution in [-0.2, 0) is 0 Å². The van der Waals surface area contributed by atoms with Gasteiger partial charge in [0.15, 0.2) is 0 Å². The largest absolute Gasteiger partial charge is 0.143 e. The van der Waals surface area contributed by atoms with E-state index in [1.165, 1.54) is 5.75 Å². The van der Waals surface area contributed by atoms with Gasteiger partial charge in [-0.15, -0.1) is 23.5 Å². The number of thioether (sulfide) groups is 2. The van der Waals surface area contributed by atoms with Gasteiger partial charge in [-0.1, -0.05) is 6.92 Å². The minimum Gasteiger partial charge on any atom is -0.143 e. The lowest BCUT2D eigenvalue weighted by atomic mass is 10.5. The highest BCUT2D eigenvalue weighted by atomic mass is 32.2. The van der Waals surface area contributed by atoms with E-state index in [1.54, 1.807) is 0 Å². The van der Waals surface area contributed by atoms with E-state index in [4.69, 9.17) is 0 Å². The van der Waals surface area contributed by atoms with Crippen LogP contribution >= 0.6 is 23.5 Å². The monoisotopic (exact) mass is 147 g/mol. The van der Waals surface area contributed by atoms with Crippen molar-refractivity contribution in [2.24, 2.45) is 0 Å². The summed E-state index contributed by atoms with van der Waals surface area (Å²) in [5.74, 6) is 1.27. The molecule has 1 radical (unpaired) electrons. The first-order valence-corrected chi connectivity index (χ1v) is 4.64. The van der Waals surface area contributed by atoms with E-state index in [1.807, 2.05) is 23.5 Å². The lowest BCUT2D eigenvalue weighted by Crippen LogP contribution is -2.03. The molecule has 2 unspecified atom stereocenters. The van der Waals surface area contributed by atoms with Gasteiger partial charge in [0.25, 0.3) is 0 Å². The molecule has 1 rings (SSSR count). The van der Waals surface area contributed by atoms with Crippen molar-refractivity contribution in [3.63, 3.8) is 0 Å². The first kappa shape index (κ1) is 6.81. The number of hydrogen-bond donors (Lipinski definition) is 0. The molecule has 0 aromatic rings. The zero-order chi connectivity index (χ0) is 6.20. The molecule has 0 spiro atoms. The van der Waals surface area contributed by atoms with Crippen LogP contribution in [0.3, 0.4) is 0 Å². The third-order valence-electron chi connectivity index (χ3n) is 1.07. The van der Waals surface area contributed by atoms with Crippen LogP contribution in [-0.4, -0.2) is 15.1 Å². The topological polar surface area (TPSA) is 0 Å². The quantitative estimate of drug-likeness (QED) is 0.516. The van der Waals surface area contributed by atoms with Crippen molar-refractivity contribution in [2.75, 3.05) is 5.75 Å². The molecule has 0 bridgehead atoms. The second-order valence-electron chi connectivity index (χ2n) is 2.37. The predicted octanol–water partition coefficient (Wildman–Crippen LogP) is 2.41. The fourth-order valence-electron chi connectivity index (χ4n) is 0.787. The van der Waals surface area contributed by atoms with Gasteiger partial charge in [-0.2, -0.15) is 0 Å². The molecule has 0 aromatic heterocycles. The summed E-state index contributed by atoms with van der Waals surface area (Å²) in [5.41, 5.74) is 0. The summed E-state index contributed by atoms with van der Waals surface area (Å²) in [4.78, 5) is 0. The lowest BCUT2D eigenvalue weighted by Gasteiger charge is -2.13. The fourth-order valence-corrected chi connectivity index (χ4v) is 3.67. The third-order valence-corrected chi connectivity index (χ3v) is 4.27. The van der Waals surface area contributed by atoms with Crippen molar-refractivity contribution in [3.8, 4) is 0 Å². The molecule has 2 heteroatoms. The SMILES string of the molecule is [CH2]C1(C)SCC(C)S1. The Morgan fingerprint density at radius 3 is 2.50 bits per heavy atom. The molecule has 0 aromatic carbocycles. The number of hydrogen-bond acceptors (Lipinski definition) is 2. The molecule has 1 saturated heterocycles. The van der Waals surface area contributed by atoms with Crippen molar-refractivity contribution >= 4 is 23.5 Å². The second-order valence-corrected chi connectivity index (χ2v) is 6.10. The highest BCUT2D eigenvalue weighted by Crippen LogP contribution is 2.46. The van der Waals surface area contributed by atoms with E-state index in [-0.39, 0.29) is 4.08 Å². The van der Waals surface area contributed by atoms with Crippen LogP contribution in [0.2, 0.25) is 0 Å². The summed E-state index contributed by atoms with van der Waals surface area (Å²) in [6.45, 7) is 8.49. The van der Waals surface area contributed by atoms with Gasteiger partial charge in [-0.3, -0.25) is 0 Å². The zero-order valence-electron chi connectivity index (χ0n) is 5.31. The molecule has 0 saturated carbocycles. The van der Waals surface area contributed by atoms with E-state index < -0.39 is 0 Å². The molecule has 0 N–H and O–H groups in total. The van der Waals surface area contributed by atoms with Crippen LogP contribution in [0.4, 0.5) is 0 Å². The van der Waals surface area contributed by atoms with Gasteiger partial charge < -0.3 is 0 Å². The Hall–Kier alpha value is 0.700. The Balaban J connectivity index is 2.44. The molecule has 2 atom stereocenters. The Morgan fingerprint density at radius 2 is 2.38 bits per heavy atom. The van der Waals surface area contributed by atoms with E-state index in [0.717, 1.165) is 5.25 Å². The average molecular weight is 147 g/mol. The molecular weight excluding hydrogens is 136 g/mol. The predicted molar refractivity (Wildman–Crippen MR) is 43.3 cm³/mol. The molecule has 1 heterocycles. The summed E-state index contributed by atoms with van der Waals surface area (Å²) < 4.78 is 0.249. The highest BCUT2D eigenvalue weighted by molar-refractivity contribution is 8.21. The van der Waals surface area contributed by atoms with E-state index >= 15 is 0 Å². The molecule has 1 aliphatic heterocycles. The maximum Gasteiger partial charge on any atom is 0.0587 e. The lowest BCUT2D eigenvalue weighted by molar-refractivity contribution is 1.13. The fraction of sp³-hybridized carbons (Fsp3) is 0.833. The minimum atomic E-state index is 0.249. The molecule has 1 fully saturated rings. The molecule has 47 valence electrons. The van der Waals surface area contributed by atoms with Gasteiger partial charge in [-0.25, -0.2) is 0 Å². The van der Waals surface area contributed by atoms with E-state index in [2.05, 4.69) is 20.8 Å². The maximum absolute atomic E-state index is 4.05. The van der Waals surface area contributed by atoms with Gasteiger partial charge in [-0.05, 0) is 13.8 Å². The van der Waals surface area contributed by atoms with Crippen LogP contribution in [0.25, 0.3) is 0 Å². The first-order chi connectivity index (χ1) is 3.60. The second kappa shape index (κ2) is 2.14.